The Bertz CT molecular complexity index is 261. The Morgan fingerprint density at radius 1 is 1.16 bits per heavy atom. The van der Waals surface area contributed by atoms with Crippen LogP contribution in [0, 0.1) is 5.41 Å². The highest BCUT2D eigenvalue weighted by molar-refractivity contribution is 4.87. The van der Waals surface area contributed by atoms with Gasteiger partial charge in [-0.05, 0) is 46.3 Å². The number of aliphatic hydroxyl groups is 1. The number of rotatable bonds is 4. The van der Waals surface area contributed by atoms with Gasteiger partial charge in [-0.3, -0.25) is 0 Å². The van der Waals surface area contributed by atoms with Crippen molar-refractivity contribution in [3.63, 3.8) is 0 Å². The predicted octanol–water partition coefficient (Wildman–Crippen LogP) is 2.35. The van der Waals surface area contributed by atoms with Crippen molar-refractivity contribution in [1.82, 2.24) is 9.80 Å². The van der Waals surface area contributed by atoms with Gasteiger partial charge in [-0.25, -0.2) is 0 Å². The quantitative estimate of drug-likeness (QED) is 0.793. The van der Waals surface area contributed by atoms with Crippen molar-refractivity contribution >= 4 is 0 Å². The first-order valence-corrected chi connectivity index (χ1v) is 8.15. The van der Waals surface area contributed by atoms with Crippen molar-refractivity contribution in [2.45, 2.75) is 57.4 Å². The molecule has 0 bridgehead atoms. The molecule has 0 aromatic carbocycles. The molecule has 1 unspecified atom stereocenters. The highest BCUT2D eigenvalue weighted by atomic mass is 16.3. The molecule has 0 aromatic rings. The molecule has 1 saturated carbocycles. The molecule has 2 aliphatic rings. The molecule has 0 radical (unpaired) electrons. The highest BCUT2D eigenvalue weighted by Gasteiger charge is 2.33. The molecule has 0 amide bonds. The van der Waals surface area contributed by atoms with E-state index in [-0.39, 0.29) is 5.41 Å². The van der Waals surface area contributed by atoms with Crippen LogP contribution in [0.2, 0.25) is 0 Å². The average Bonchev–Trinajstić information content (AvgIpc) is 2.65. The monoisotopic (exact) mass is 268 g/mol. The molecule has 0 aromatic heterocycles. The van der Waals surface area contributed by atoms with Crippen molar-refractivity contribution in [3.05, 3.63) is 0 Å². The maximum absolute atomic E-state index is 9.93. The average molecular weight is 268 g/mol. The fraction of sp³-hybridized carbons (Fsp3) is 1.00. The number of aliphatic hydroxyl groups excluding tert-OH is 1. The Labute approximate surface area is 119 Å². The van der Waals surface area contributed by atoms with E-state index in [2.05, 4.69) is 23.9 Å². The van der Waals surface area contributed by atoms with E-state index in [1.165, 1.54) is 64.5 Å². The summed E-state index contributed by atoms with van der Waals surface area (Å²) in [6.45, 7) is 3.90. The van der Waals surface area contributed by atoms with Crippen LogP contribution in [0.5, 0.6) is 0 Å². The van der Waals surface area contributed by atoms with Gasteiger partial charge in [0.2, 0.25) is 0 Å². The van der Waals surface area contributed by atoms with Gasteiger partial charge in [0, 0.05) is 31.2 Å². The number of nitrogens with zero attached hydrogens (tertiary/aromatic N) is 2. The first kappa shape index (κ1) is 15.3. The lowest BCUT2D eigenvalue weighted by molar-refractivity contribution is 0.0370. The Hall–Kier alpha value is -0.120. The van der Waals surface area contributed by atoms with E-state index in [1.807, 2.05) is 0 Å². The third-order valence-electron chi connectivity index (χ3n) is 5.31. The van der Waals surface area contributed by atoms with Crippen LogP contribution in [-0.4, -0.2) is 61.3 Å². The molecule has 2 fully saturated rings. The van der Waals surface area contributed by atoms with Crippen molar-refractivity contribution in [2.24, 2.45) is 5.41 Å². The molecule has 2 rings (SSSR count). The third kappa shape index (κ3) is 4.17. The first-order valence-electron chi connectivity index (χ1n) is 8.15. The molecular weight excluding hydrogens is 236 g/mol. The SMILES string of the molecule is CN1CCCC(N(C)CC2(CO)CCCCCC2)C1. The van der Waals surface area contributed by atoms with Crippen LogP contribution < -0.4 is 0 Å². The predicted molar refractivity (Wildman–Crippen MR) is 80.4 cm³/mol. The summed E-state index contributed by atoms with van der Waals surface area (Å²) < 4.78 is 0. The summed E-state index contributed by atoms with van der Waals surface area (Å²) in [4.78, 5) is 4.99. The molecule has 1 saturated heterocycles. The van der Waals surface area contributed by atoms with E-state index in [4.69, 9.17) is 0 Å². The number of piperidine rings is 1. The van der Waals surface area contributed by atoms with Gasteiger partial charge < -0.3 is 14.9 Å². The van der Waals surface area contributed by atoms with Gasteiger partial charge in [0.05, 0.1) is 0 Å². The van der Waals surface area contributed by atoms with E-state index in [1.54, 1.807) is 0 Å². The molecule has 1 heterocycles. The van der Waals surface area contributed by atoms with E-state index in [0.717, 1.165) is 6.54 Å². The molecule has 112 valence electrons. The Morgan fingerprint density at radius 2 is 1.84 bits per heavy atom. The maximum Gasteiger partial charge on any atom is 0.0499 e. The Balaban J connectivity index is 1.92. The summed E-state index contributed by atoms with van der Waals surface area (Å²) in [5, 5.41) is 9.93. The van der Waals surface area contributed by atoms with E-state index in [9.17, 15) is 5.11 Å². The molecule has 3 nitrogen and oxygen atoms in total. The van der Waals surface area contributed by atoms with Crippen LogP contribution in [0.4, 0.5) is 0 Å². The largest absolute Gasteiger partial charge is 0.396 e. The molecule has 19 heavy (non-hydrogen) atoms. The van der Waals surface area contributed by atoms with Gasteiger partial charge in [0.1, 0.15) is 0 Å². The fourth-order valence-electron chi connectivity index (χ4n) is 4.00. The van der Waals surface area contributed by atoms with Gasteiger partial charge >= 0.3 is 0 Å². The van der Waals surface area contributed by atoms with Gasteiger partial charge in [-0.1, -0.05) is 25.7 Å². The molecule has 1 atom stereocenters. The normalized spacial score (nSPS) is 29.4. The highest BCUT2D eigenvalue weighted by Crippen LogP contribution is 2.36. The second kappa shape index (κ2) is 7.05. The minimum Gasteiger partial charge on any atom is -0.396 e. The number of likely N-dealkylation sites (N-methyl/N-ethyl adjacent to an activating group) is 2. The Morgan fingerprint density at radius 3 is 2.42 bits per heavy atom. The van der Waals surface area contributed by atoms with Crippen molar-refractivity contribution in [2.75, 3.05) is 40.3 Å². The van der Waals surface area contributed by atoms with Gasteiger partial charge in [-0.15, -0.1) is 0 Å². The summed E-state index contributed by atoms with van der Waals surface area (Å²) in [5.74, 6) is 0. The lowest BCUT2D eigenvalue weighted by Gasteiger charge is -2.41. The zero-order valence-corrected chi connectivity index (χ0v) is 12.9. The topological polar surface area (TPSA) is 26.7 Å². The molecule has 1 N–H and O–H groups in total. The minimum absolute atomic E-state index is 0.182. The van der Waals surface area contributed by atoms with Crippen LogP contribution in [0.3, 0.4) is 0 Å². The second-order valence-corrected chi connectivity index (χ2v) is 7.05. The van der Waals surface area contributed by atoms with Crippen LogP contribution in [-0.2, 0) is 0 Å². The van der Waals surface area contributed by atoms with Crippen LogP contribution in [0.25, 0.3) is 0 Å². The third-order valence-corrected chi connectivity index (χ3v) is 5.31. The van der Waals surface area contributed by atoms with Crippen molar-refractivity contribution in [1.29, 1.82) is 0 Å². The smallest absolute Gasteiger partial charge is 0.0499 e. The van der Waals surface area contributed by atoms with Crippen LogP contribution in [0.1, 0.15) is 51.4 Å². The van der Waals surface area contributed by atoms with Crippen LogP contribution in [0.15, 0.2) is 0 Å². The lowest BCUT2D eigenvalue weighted by atomic mass is 9.80. The minimum atomic E-state index is 0.182. The number of hydrogen-bond donors (Lipinski definition) is 1. The summed E-state index contributed by atoms with van der Waals surface area (Å²) in [7, 11) is 4.50. The summed E-state index contributed by atoms with van der Waals surface area (Å²) in [5.41, 5.74) is 0.182. The second-order valence-electron chi connectivity index (χ2n) is 7.05. The number of likely N-dealkylation sites (tertiary alicyclic amines) is 1. The standard InChI is InChI=1S/C16H32N2O/c1-17-11-7-8-15(12-17)18(2)13-16(14-19)9-5-3-4-6-10-16/h15,19H,3-14H2,1-2H3. The zero-order chi connectivity index (χ0) is 13.7. The summed E-state index contributed by atoms with van der Waals surface area (Å²) >= 11 is 0. The molecule has 1 aliphatic heterocycles. The van der Waals surface area contributed by atoms with Crippen LogP contribution >= 0.6 is 0 Å². The number of hydrogen-bond acceptors (Lipinski definition) is 3. The fourth-order valence-corrected chi connectivity index (χ4v) is 4.00. The molecule has 0 spiro atoms. The molecule has 1 aliphatic carbocycles. The first-order chi connectivity index (χ1) is 9.15. The zero-order valence-electron chi connectivity index (χ0n) is 12.9. The Kier molecular flexibility index (Phi) is 5.67. The maximum atomic E-state index is 9.93. The van der Waals surface area contributed by atoms with E-state index >= 15 is 0 Å². The van der Waals surface area contributed by atoms with E-state index in [0.29, 0.717) is 12.6 Å². The lowest BCUT2D eigenvalue weighted by Crippen LogP contribution is -2.49. The van der Waals surface area contributed by atoms with Crippen molar-refractivity contribution < 1.29 is 5.11 Å². The van der Waals surface area contributed by atoms with Gasteiger partial charge in [0.15, 0.2) is 0 Å². The summed E-state index contributed by atoms with van der Waals surface area (Å²) in [6, 6.07) is 0.686. The van der Waals surface area contributed by atoms with E-state index < -0.39 is 0 Å². The summed E-state index contributed by atoms with van der Waals surface area (Å²) in [6.07, 6.45) is 10.4. The van der Waals surface area contributed by atoms with Crippen molar-refractivity contribution in [3.8, 4) is 0 Å². The van der Waals surface area contributed by atoms with Gasteiger partial charge in [0.25, 0.3) is 0 Å². The molecule has 3 heteroatoms. The molecular formula is C16H32N2O. The van der Waals surface area contributed by atoms with Gasteiger partial charge in [-0.2, -0.15) is 0 Å².